The maximum Gasteiger partial charge on any atom is 0.451 e. The predicted molar refractivity (Wildman–Crippen MR) is 567 cm³/mol. The Kier molecular flexibility index (Phi) is 44.8. The standard InChI is InChI=1S/C22H35BN2O4.2C21H32BClN2O3.2C21H34BN3O3/c1-16-7-8-19-17(15-16)5-4-6-20(19)25-13-9-18(10-14-25)22(24,21(26)27)11-2-3-12-23(28)29;2*1-15(26)21(24,10-2-3-11-22(27)28)17-8-12-25(13-9-17)20-7-4-16-14-18(23)5-6-19(16)20;2*1-17(26)21(23,12-4-5-13-22(27)28)19-10-15-24(16-11-19)25-14-6-8-18-7-2-3-9-20(18)25/h7-8,15,18,20,28-29H,2-6,9-14,24H2,1H3,(H,26,27);2*5-6,14,17,20,27-28H,2-4,7-13,24H2,1H3;2*2-3,7,9,19,27-28H,4-6,8,10-16,23H2,1H3/t20?,22-;2*20?,21-;2*21-/m01010/s1. The summed E-state index contributed by atoms with van der Waals surface area (Å²) in [6, 6.07) is 37.9. The van der Waals surface area contributed by atoms with E-state index in [1.165, 1.54) is 80.7 Å². The summed E-state index contributed by atoms with van der Waals surface area (Å²) in [6.07, 6.45) is 32.8. The average molecular weight is 1990 g/mol. The topological polar surface area (TPSA) is 461 Å². The number of likely N-dealkylation sites (tertiary alicyclic amines) is 3. The fourth-order valence-corrected chi connectivity index (χ4v) is 25.5. The molecule has 0 amide bonds. The van der Waals surface area contributed by atoms with Gasteiger partial charge in [-0.15, -0.1) is 0 Å². The third-order valence-electron chi connectivity index (χ3n) is 33.8. The van der Waals surface area contributed by atoms with Gasteiger partial charge in [0.1, 0.15) is 28.7 Å². The van der Waals surface area contributed by atoms with E-state index in [4.69, 9.17) is 102 Å². The highest BCUT2D eigenvalue weighted by Crippen LogP contribution is 2.47. The minimum Gasteiger partial charge on any atom is -0.480 e. The lowest BCUT2D eigenvalue weighted by Gasteiger charge is -2.46. The third kappa shape index (κ3) is 31.3. The number of carboxylic acids is 1. The number of hydrogen-bond donors (Lipinski definition) is 16. The number of aryl methyl sites for hydroxylation is 6. The van der Waals surface area contributed by atoms with Crippen molar-refractivity contribution in [2.24, 2.45) is 58.3 Å². The fraction of sp³-hybridized carbons (Fsp3) is 0.670. The molecule has 35 heteroatoms. The number of aliphatic carboxylic acids is 1. The van der Waals surface area contributed by atoms with Gasteiger partial charge in [-0.2, -0.15) is 0 Å². The molecule has 7 aliphatic heterocycles. The molecule has 0 bridgehead atoms. The molecule has 8 atom stereocenters. The van der Waals surface area contributed by atoms with Crippen molar-refractivity contribution in [2.45, 2.75) is 343 Å². The maximum atomic E-state index is 12.4. The van der Waals surface area contributed by atoms with Crippen molar-refractivity contribution in [1.29, 1.82) is 0 Å². The molecule has 5 fully saturated rings. The summed E-state index contributed by atoms with van der Waals surface area (Å²) in [4.78, 5) is 69.1. The van der Waals surface area contributed by atoms with Crippen molar-refractivity contribution < 1.29 is 79.3 Å². The Labute approximate surface area is 851 Å². The van der Waals surface area contributed by atoms with E-state index in [0.29, 0.717) is 114 Å². The average Bonchev–Trinajstić information content (AvgIpc) is 1.76. The van der Waals surface area contributed by atoms with Crippen LogP contribution in [0.25, 0.3) is 0 Å². The lowest BCUT2D eigenvalue weighted by Crippen LogP contribution is -2.58. The van der Waals surface area contributed by atoms with Gasteiger partial charge < -0.3 is 94.0 Å². The Morgan fingerprint density at radius 1 is 0.319 bits per heavy atom. The molecule has 3 aliphatic carbocycles. The normalized spacial score (nSPS) is 21.8. The van der Waals surface area contributed by atoms with E-state index >= 15 is 0 Å². The first-order valence-electron chi connectivity index (χ1n) is 53.4. The highest BCUT2D eigenvalue weighted by Gasteiger charge is 2.49. The van der Waals surface area contributed by atoms with E-state index in [1.807, 2.05) is 12.1 Å². The first kappa shape index (κ1) is 115. The number of carboxylic acid groups (broad SMARTS) is 1. The van der Waals surface area contributed by atoms with Crippen molar-refractivity contribution in [1.82, 2.24) is 24.7 Å². The first-order chi connectivity index (χ1) is 67.3. The number of anilines is 2. The SMILES string of the molecule is CC(=O)[C@@](N)(CCCCB(O)O)C1CCN(C2CCc3cc(Cl)ccc32)CC1.CC(=O)[C@@](N)(CCCCB(O)O)C1CCN(N2CCCc3ccccc32)CC1.CC(=O)[C@](N)(CCCCB(O)O)C1CCN(C2CCc3cc(Cl)ccc32)CC1.CC(=O)[C@](N)(CCCCB(O)O)C1CCN(N2CCCc3ccccc32)CC1.Cc1ccc2c(c1)CCCC2N1CCC([C@@](N)(CCCCB(O)O)C(=O)O)CC1. The second kappa shape index (κ2) is 54.8. The molecular weight excluding hydrogens is 1820 g/mol. The van der Waals surface area contributed by atoms with Gasteiger partial charge in [-0.25, -0.2) is 10.0 Å². The van der Waals surface area contributed by atoms with E-state index in [2.05, 4.69) is 133 Å². The van der Waals surface area contributed by atoms with E-state index in [-0.39, 0.29) is 59.0 Å². The second-order valence-electron chi connectivity index (χ2n) is 42.9. The Hall–Kier alpha value is -6.05. The molecule has 7 heterocycles. The van der Waals surface area contributed by atoms with Crippen LogP contribution in [-0.2, 0) is 56.1 Å². The lowest BCUT2D eigenvalue weighted by atomic mass is 9.72. The van der Waals surface area contributed by atoms with Crippen LogP contribution in [0.15, 0.2) is 103 Å². The largest absolute Gasteiger partial charge is 0.480 e. The molecule has 0 saturated carbocycles. The number of Topliss-reactive ketones (excluding diaryl/α,β-unsaturated/α-hetero) is 4. The summed E-state index contributed by atoms with van der Waals surface area (Å²) in [6.45, 7) is 19.9. The number of unbranched alkanes of at least 4 members (excludes halogenated alkanes) is 5. The van der Waals surface area contributed by atoms with Crippen molar-refractivity contribution in [3.05, 3.63) is 163 Å². The van der Waals surface area contributed by atoms with Crippen molar-refractivity contribution in [2.75, 3.05) is 88.6 Å². The minimum absolute atomic E-state index is 0.0450. The van der Waals surface area contributed by atoms with Crippen LogP contribution in [0.2, 0.25) is 41.6 Å². The Morgan fingerprint density at radius 3 is 0.894 bits per heavy atom. The highest BCUT2D eigenvalue weighted by molar-refractivity contribution is 6.42. The van der Waals surface area contributed by atoms with Gasteiger partial charge in [0.15, 0.2) is 0 Å². The van der Waals surface area contributed by atoms with Crippen molar-refractivity contribution in [3.63, 3.8) is 0 Å². The van der Waals surface area contributed by atoms with Gasteiger partial charge in [0.25, 0.3) is 0 Å². The van der Waals surface area contributed by atoms with Crippen LogP contribution in [0.4, 0.5) is 11.4 Å². The van der Waals surface area contributed by atoms with Gasteiger partial charge in [0.05, 0.1) is 33.5 Å². The summed E-state index contributed by atoms with van der Waals surface area (Å²) in [5, 5.41) is 111. The number of fused-ring (bicyclic) bond motifs is 5. The molecule has 0 radical (unpaired) electrons. The second-order valence-corrected chi connectivity index (χ2v) is 43.7. The molecule has 28 nitrogen and oxygen atoms in total. The van der Waals surface area contributed by atoms with E-state index in [1.54, 1.807) is 27.7 Å². The Bertz CT molecular complexity index is 4540. The van der Waals surface area contributed by atoms with Crippen LogP contribution in [0, 0.1) is 36.5 Å². The zero-order valence-electron chi connectivity index (χ0n) is 85.0. The first-order valence-corrected chi connectivity index (χ1v) is 54.1. The van der Waals surface area contributed by atoms with Crippen molar-refractivity contribution >= 4 is 99.3 Å². The van der Waals surface area contributed by atoms with Crippen LogP contribution in [0.3, 0.4) is 0 Å². The minimum atomic E-state index is -1.34. The number of hydrogen-bond acceptors (Lipinski definition) is 27. The third-order valence-corrected chi connectivity index (χ3v) is 34.2. The summed E-state index contributed by atoms with van der Waals surface area (Å²) in [7, 11) is -6.45. The lowest BCUT2D eigenvalue weighted by molar-refractivity contribution is -0.147. The fourth-order valence-electron chi connectivity index (χ4n) is 25.1. The number of hydrazine groups is 2. The molecule has 15 rings (SSSR count). The Balaban J connectivity index is 0.000000168. The number of carbonyl (C=O) groups excluding carboxylic acids is 4. The predicted octanol–water partition coefficient (Wildman–Crippen LogP) is 12.4. The molecule has 776 valence electrons. The summed E-state index contributed by atoms with van der Waals surface area (Å²) >= 11 is 12.3. The van der Waals surface area contributed by atoms with Crippen LogP contribution < -0.4 is 38.7 Å². The van der Waals surface area contributed by atoms with E-state index in [0.717, 1.165) is 230 Å². The molecule has 0 aromatic heterocycles. The monoisotopic (exact) mass is 1990 g/mol. The number of para-hydroxylation sites is 2. The van der Waals surface area contributed by atoms with Crippen LogP contribution in [0.1, 0.15) is 295 Å². The zero-order valence-corrected chi connectivity index (χ0v) is 86.5. The molecule has 5 aromatic carbocycles. The van der Waals surface area contributed by atoms with Gasteiger partial charge in [-0.3, -0.25) is 38.7 Å². The van der Waals surface area contributed by atoms with Crippen LogP contribution >= 0.6 is 23.2 Å². The van der Waals surface area contributed by atoms with Crippen LogP contribution in [-0.4, -0.2) is 251 Å². The summed E-state index contributed by atoms with van der Waals surface area (Å²) in [5.41, 5.74) is 43.7. The molecule has 141 heavy (non-hydrogen) atoms. The maximum absolute atomic E-state index is 12.4. The van der Waals surface area contributed by atoms with Gasteiger partial charge in [0.2, 0.25) is 0 Å². The smallest absolute Gasteiger partial charge is 0.451 e. The molecular formula is C106H167B5Cl2N12O16. The molecule has 10 aliphatic rings. The number of benzene rings is 5. The number of piperidine rings is 5. The van der Waals surface area contributed by atoms with E-state index < -0.39 is 69.3 Å². The molecule has 5 saturated heterocycles. The number of nitrogens with zero attached hydrogens (tertiary/aromatic N) is 7. The number of ketones is 4. The molecule has 0 spiro atoms. The number of rotatable bonds is 40. The van der Waals surface area contributed by atoms with Gasteiger partial charge >= 0.3 is 41.6 Å². The van der Waals surface area contributed by atoms with Gasteiger partial charge in [0, 0.05) is 67.4 Å². The number of nitrogens with two attached hydrogens (primary N) is 5. The van der Waals surface area contributed by atoms with Gasteiger partial charge in [-0.05, 0) is 383 Å². The highest BCUT2D eigenvalue weighted by atomic mass is 35.5. The summed E-state index contributed by atoms with van der Waals surface area (Å²) < 4.78 is 0. The number of halogens is 2. The molecule has 3 unspecified atom stereocenters. The van der Waals surface area contributed by atoms with E-state index in [9.17, 15) is 29.1 Å². The number of carbonyl (C=O) groups is 5. The van der Waals surface area contributed by atoms with Gasteiger partial charge in [-0.1, -0.05) is 160 Å². The zero-order chi connectivity index (χ0) is 102. The quantitative estimate of drug-likeness (QED) is 0.0128. The van der Waals surface area contributed by atoms with Crippen LogP contribution in [0.5, 0.6) is 0 Å². The summed E-state index contributed by atoms with van der Waals surface area (Å²) in [5.74, 6) is -0.0286. The van der Waals surface area contributed by atoms with Crippen molar-refractivity contribution in [3.8, 4) is 0 Å². The Morgan fingerprint density at radius 2 is 0.589 bits per heavy atom. The molecule has 5 aromatic rings. The molecule has 21 N–H and O–H groups in total.